The second-order valence-corrected chi connectivity index (χ2v) is 16.7. The molecule has 8 heterocycles. The molecule has 0 spiro atoms. The second kappa shape index (κ2) is 14.6. The number of nitrogens with one attached hydrogen (secondary N) is 1. The molecule has 4 aromatic rings. The van der Waals surface area contributed by atoms with Gasteiger partial charge in [0, 0.05) is 50.7 Å². The number of fused-ring (bicyclic) bond motifs is 7. The number of hydrogen-bond donors (Lipinski definition) is 1. The van der Waals surface area contributed by atoms with Crippen LogP contribution in [0.5, 0.6) is 11.8 Å². The van der Waals surface area contributed by atoms with E-state index < -0.39 is 59.5 Å². The molecule has 1 N–H and O–H groups in total. The lowest BCUT2D eigenvalue weighted by Crippen LogP contribution is -2.60. The van der Waals surface area contributed by atoms with Crippen molar-refractivity contribution in [3.63, 3.8) is 0 Å². The average molecular weight is 821 g/mol. The van der Waals surface area contributed by atoms with Crippen molar-refractivity contribution in [1.82, 2.24) is 30.1 Å². The molecule has 6 aliphatic heterocycles. The zero-order valence-corrected chi connectivity index (χ0v) is 32.2. The summed E-state index contributed by atoms with van der Waals surface area (Å²) in [5.74, 6) is -1.61. The van der Waals surface area contributed by atoms with Crippen molar-refractivity contribution in [2.75, 3.05) is 57.4 Å². The first-order chi connectivity index (χ1) is 28.2. The quantitative estimate of drug-likeness (QED) is 0.226. The number of nitrogens with zero attached hydrogens (tertiary/aromatic N) is 7. The topological polar surface area (TPSA) is 146 Å². The Morgan fingerprint density at radius 2 is 1.92 bits per heavy atom. The molecular formula is C41H41F5N8O5. The minimum Gasteiger partial charge on any atom is -0.461 e. The Kier molecular flexibility index (Phi) is 9.64. The number of benzene rings is 2. The summed E-state index contributed by atoms with van der Waals surface area (Å²) in [6.45, 7) is 1.83. The van der Waals surface area contributed by atoms with Crippen molar-refractivity contribution in [3.8, 4) is 29.1 Å². The van der Waals surface area contributed by atoms with E-state index in [4.69, 9.17) is 14.2 Å². The van der Waals surface area contributed by atoms with Gasteiger partial charge in [-0.25, -0.2) is 31.5 Å². The van der Waals surface area contributed by atoms with Crippen LogP contribution in [-0.4, -0.2) is 119 Å². The number of aryl methyl sites for hydroxylation is 1. The van der Waals surface area contributed by atoms with E-state index in [0.29, 0.717) is 18.4 Å². The lowest BCUT2D eigenvalue weighted by atomic mass is 9.90. The van der Waals surface area contributed by atoms with E-state index in [1.165, 1.54) is 30.5 Å². The van der Waals surface area contributed by atoms with Crippen LogP contribution in [0.25, 0.3) is 32.9 Å². The van der Waals surface area contributed by atoms with Crippen LogP contribution >= 0.6 is 0 Å². The molecule has 2 aromatic heterocycles. The fourth-order valence-electron chi connectivity index (χ4n) is 9.62. The van der Waals surface area contributed by atoms with Crippen LogP contribution in [0.4, 0.5) is 37.4 Å². The lowest BCUT2D eigenvalue weighted by Gasteiger charge is -2.42. The number of amides is 2. The average Bonchev–Trinajstić information content (AvgIpc) is 3.87. The number of carbonyl (C=O) groups is 2. The molecule has 0 saturated carbocycles. The lowest BCUT2D eigenvalue weighted by molar-refractivity contribution is 0.107. The second-order valence-electron chi connectivity index (χ2n) is 16.7. The predicted octanol–water partition coefficient (Wildman–Crippen LogP) is 6.49. The fourth-order valence-corrected chi connectivity index (χ4v) is 9.62. The summed E-state index contributed by atoms with van der Waals surface area (Å²) in [6, 6.07) is 6.77. The van der Waals surface area contributed by atoms with Crippen molar-refractivity contribution < 1.29 is 45.8 Å². The third kappa shape index (κ3) is 7.16. The maximum atomic E-state index is 17.5. The number of aromatic nitrogens is 3. The molecule has 13 nitrogen and oxygen atoms in total. The van der Waals surface area contributed by atoms with Gasteiger partial charge in [0.05, 0.1) is 36.2 Å². The molecule has 59 heavy (non-hydrogen) atoms. The standard InChI is InChI=1S/C41H41F5N8O5/c1-39-14-24(42)17-53(20-39)35-29-16-48-33(32(45)34(29)49-36(50-35)58-22-41-7-3-9-54(41)18-25(43)15-41)28-13-26(59-38(56)52-10-8-40(46,19-47)21-52)12-23-5-6-30(44)27(31(23)28)4-2-11-57-37(55)51-39/h5-6,12-13,16,24-25H,2-4,7-11,14-15,17-18,20-22H2,1H3,(H,51,55)/t24-,25-,39-,40?,41+/m1/s1. The molecule has 6 bridgehead atoms. The van der Waals surface area contributed by atoms with Crippen LogP contribution in [0.1, 0.15) is 51.0 Å². The molecule has 1 unspecified atom stereocenters. The third-order valence-electron chi connectivity index (χ3n) is 12.3. The molecule has 2 amide bonds. The van der Waals surface area contributed by atoms with Crippen LogP contribution in [-0.2, 0) is 11.2 Å². The van der Waals surface area contributed by atoms with Gasteiger partial charge >= 0.3 is 18.2 Å². The molecular weight excluding hydrogens is 779 g/mol. The van der Waals surface area contributed by atoms with E-state index >= 15 is 13.2 Å². The van der Waals surface area contributed by atoms with E-state index in [0.717, 1.165) is 11.3 Å². The number of piperidine rings is 1. The van der Waals surface area contributed by atoms with Crippen molar-refractivity contribution in [3.05, 3.63) is 47.7 Å². The van der Waals surface area contributed by atoms with Gasteiger partial charge in [-0.05, 0) is 73.7 Å². The van der Waals surface area contributed by atoms with Crippen molar-refractivity contribution >= 4 is 39.7 Å². The molecule has 5 atom stereocenters. The maximum Gasteiger partial charge on any atom is 0.415 e. The van der Waals surface area contributed by atoms with Crippen LogP contribution < -0.4 is 19.7 Å². The molecule has 310 valence electrons. The Bertz CT molecular complexity index is 2420. The summed E-state index contributed by atoms with van der Waals surface area (Å²) in [7, 11) is 0. The van der Waals surface area contributed by atoms with Crippen LogP contribution in [0.2, 0.25) is 0 Å². The zero-order valence-electron chi connectivity index (χ0n) is 32.2. The summed E-state index contributed by atoms with van der Waals surface area (Å²) in [5, 5.41) is 12.7. The first-order valence-electron chi connectivity index (χ1n) is 19.8. The number of ether oxygens (including phenoxy) is 3. The summed E-state index contributed by atoms with van der Waals surface area (Å²) in [6.07, 6.45) is -1.20. The largest absolute Gasteiger partial charge is 0.461 e. The van der Waals surface area contributed by atoms with Crippen molar-refractivity contribution in [2.24, 2.45) is 0 Å². The summed E-state index contributed by atoms with van der Waals surface area (Å²) >= 11 is 0. The zero-order chi connectivity index (χ0) is 41.3. The van der Waals surface area contributed by atoms with Gasteiger partial charge in [-0.2, -0.15) is 15.2 Å². The Morgan fingerprint density at radius 1 is 1.08 bits per heavy atom. The molecule has 0 radical (unpaired) electrons. The summed E-state index contributed by atoms with van der Waals surface area (Å²) in [5.41, 5.74) is -4.37. The Balaban J connectivity index is 1.21. The number of likely N-dealkylation sites (tertiary alicyclic amines) is 1. The molecule has 4 saturated heterocycles. The number of alkyl carbamates (subject to hydrolysis) is 1. The smallest absolute Gasteiger partial charge is 0.415 e. The number of carbonyl (C=O) groups excluding carboxylic acids is 2. The van der Waals surface area contributed by atoms with Gasteiger partial charge in [0.2, 0.25) is 5.67 Å². The first kappa shape index (κ1) is 38.9. The highest BCUT2D eigenvalue weighted by atomic mass is 19.2. The number of pyridine rings is 1. The highest BCUT2D eigenvalue weighted by Crippen LogP contribution is 2.43. The van der Waals surface area contributed by atoms with Gasteiger partial charge in [-0.15, -0.1) is 0 Å². The van der Waals surface area contributed by atoms with Gasteiger partial charge in [-0.3, -0.25) is 9.88 Å². The third-order valence-corrected chi connectivity index (χ3v) is 12.3. The van der Waals surface area contributed by atoms with Gasteiger partial charge in [0.1, 0.15) is 53.6 Å². The molecule has 6 aliphatic rings. The number of halogens is 5. The number of rotatable bonds is 4. The van der Waals surface area contributed by atoms with Gasteiger partial charge in [-0.1, -0.05) is 6.07 Å². The minimum absolute atomic E-state index is 0.0182. The monoisotopic (exact) mass is 820 g/mol. The number of nitriles is 1. The van der Waals surface area contributed by atoms with E-state index in [-0.39, 0.29) is 122 Å². The van der Waals surface area contributed by atoms with Gasteiger partial charge < -0.3 is 29.3 Å². The molecule has 10 rings (SSSR count). The van der Waals surface area contributed by atoms with Crippen LogP contribution in [0.15, 0.2) is 30.5 Å². The number of hydrogen-bond acceptors (Lipinski definition) is 11. The Hall–Kier alpha value is -5.57. The fraction of sp³-hybridized carbons (Fsp3) is 0.512. The summed E-state index contributed by atoms with van der Waals surface area (Å²) in [4.78, 5) is 44.8. The SMILES string of the molecule is C[C@@]12C[C@@H](F)CN(C1)c1nc(OC[C@@]34CCCN3C[C@H](F)C4)nc3c(F)c(ncc13)-c1cc(OC(=O)N3CCC(F)(C#N)C3)cc3ccc(F)c(c13)CCCOC(=O)N2. The normalized spacial score (nSPS) is 28.4. The van der Waals surface area contributed by atoms with Gasteiger partial charge in [0.25, 0.3) is 0 Å². The van der Waals surface area contributed by atoms with E-state index in [1.807, 2.05) is 4.90 Å². The Labute approximate surface area is 335 Å². The molecule has 4 fully saturated rings. The van der Waals surface area contributed by atoms with Crippen molar-refractivity contribution in [2.45, 2.75) is 81.0 Å². The highest BCUT2D eigenvalue weighted by Gasteiger charge is 2.50. The van der Waals surface area contributed by atoms with Crippen molar-refractivity contribution in [1.29, 1.82) is 5.26 Å². The number of alkyl halides is 3. The number of anilines is 1. The van der Waals surface area contributed by atoms with E-state index in [2.05, 4.69) is 20.3 Å². The molecule has 18 heteroatoms. The van der Waals surface area contributed by atoms with E-state index in [1.54, 1.807) is 17.9 Å². The maximum absolute atomic E-state index is 17.5. The van der Waals surface area contributed by atoms with Crippen LogP contribution in [0.3, 0.4) is 0 Å². The van der Waals surface area contributed by atoms with Gasteiger partial charge in [0.15, 0.2) is 5.82 Å². The van der Waals surface area contributed by atoms with E-state index in [9.17, 15) is 23.6 Å². The predicted molar refractivity (Wildman–Crippen MR) is 203 cm³/mol. The minimum atomic E-state index is -2.23. The highest BCUT2D eigenvalue weighted by molar-refractivity contribution is 6.02. The Morgan fingerprint density at radius 3 is 2.73 bits per heavy atom. The molecule has 0 aliphatic carbocycles. The summed E-state index contributed by atoms with van der Waals surface area (Å²) < 4.78 is 95.9. The molecule has 2 aromatic carbocycles. The van der Waals surface area contributed by atoms with Crippen LogP contribution in [0, 0.1) is 23.0 Å². The first-order valence-corrected chi connectivity index (χ1v) is 19.8.